The highest BCUT2D eigenvalue weighted by molar-refractivity contribution is 5.60. The number of anilines is 4. The van der Waals surface area contributed by atoms with E-state index in [-0.39, 0.29) is 0 Å². The van der Waals surface area contributed by atoms with Gasteiger partial charge in [0.1, 0.15) is 5.82 Å². The quantitative estimate of drug-likeness (QED) is 0.683. The molecule has 0 aliphatic carbocycles. The molecule has 0 amide bonds. The minimum absolute atomic E-state index is 0.591. The fourth-order valence-electron chi connectivity index (χ4n) is 2.51. The number of nitrogens with one attached hydrogen (secondary N) is 2. The molecule has 122 valence electrons. The van der Waals surface area contributed by atoms with Crippen LogP contribution in [0.4, 0.5) is 23.1 Å². The fourth-order valence-corrected chi connectivity index (χ4v) is 2.51. The Balaban J connectivity index is 1.80. The topological polar surface area (TPSA) is 49.8 Å². The van der Waals surface area contributed by atoms with Gasteiger partial charge in [0.05, 0.1) is 0 Å². The number of aromatic nitrogens is 2. The van der Waals surface area contributed by atoms with E-state index in [0.29, 0.717) is 5.95 Å². The molecule has 0 bridgehead atoms. The maximum Gasteiger partial charge on any atom is 0.229 e. The first-order valence-corrected chi connectivity index (χ1v) is 8.18. The first-order chi connectivity index (χ1) is 11.6. The third-order valence-electron chi connectivity index (χ3n) is 3.76. The molecule has 0 radical (unpaired) electrons. The molecule has 0 aliphatic heterocycles. The molecule has 0 aliphatic rings. The van der Waals surface area contributed by atoms with Gasteiger partial charge in [-0.15, -0.1) is 0 Å². The van der Waals surface area contributed by atoms with Crippen molar-refractivity contribution in [1.29, 1.82) is 0 Å². The fraction of sp³-hybridized carbons (Fsp3) is 0.200. The molecule has 2 N–H and O–H groups in total. The van der Waals surface area contributed by atoms with E-state index in [1.165, 1.54) is 11.1 Å². The molecule has 0 spiro atoms. The highest BCUT2D eigenvalue weighted by Crippen LogP contribution is 2.20. The van der Waals surface area contributed by atoms with Gasteiger partial charge in [-0.05, 0) is 55.7 Å². The van der Waals surface area contributed by atoms with Crippen LogP contribution in [0, 0.1) is 13.8 Å². The van der Waals surface area contributed by atoms with Gasteiger partial charge in [-0.3, -0.25) is 0 Å². The largest absolute Gasteiger partial charge is 0.340 e. The molecule has 0 atom stereocenters. The van der Waals surface area contributed by atoms with Crippen molar-refractivity contribution in [2.75, 3.05) is 10.6 Å². The van der Waals surface area contributed by atoms with Crippen LogP contribution in [-0.4, -0.2) is 9.97 Å². The zero-order chi connectivity index (χ0) is 16.9. The Kier molecular flexibility index (Phi) is 4.75. The lowest BCUT2D eigenvalue weighted by Crippen LogP contribution is -2.02. The summed E-state index contributed by atoms with van der Waals surface area (Å²) in [6.45, 7) is 6.18. The average molecular weight is 318 g/mol. The van der Waals surface area contributed by atoms with Crippen LogP contribution < -0.4 is 10.6 Å². The van der Waals surface area contributed by atoms with Gasteiger partial charge >= 0.3 is 0 Å². The van der Waals surface area contributed by atoms with Gasteiger partial charge in [0.15, 0.2) is 0 Å². The van der Waals surface area contributed by atoms with Crippen LogP contribution >= 0.6 is 0 Å². The van der Waals surface area contributed by atoms with Gasteiger partial charge in [0, 0.05) is 23.1 Å². The summed E-state index contributed by atoms with van der Waals surface area (Å²) in [6, 6.07) is 18.5. The first-order valence-electron chi connectivity index (χ1n) is 8.18. The van der Waals surface area contributed by atoms with Crippen LogP contribution in [0.15, 0.2) is 54.6 Å². The second kappa shape index (κ2) is 7.13. The second-order valence-electron chi connectivity index (χ2n) is 5.89. The zero-order valence-corrected chi connectivity index (χ0v) is 14.3. The van der Waals surface area contributed by atoms with Crippen molar-refractivity contribution >= 4 is 23.1 Å². The second-order valence-corrected chi connectivity index (χ2v) is 5.89. The Hall–Kier alpha value is -2.88. The van der Waals surface area contributed by atoms with Crippen molar-refractivity contribution in [3.05, 3.63) is 71.4 Å². The monoisotopic (exact) mass is 318 g/mol. The van der Waals surface area contributed by atoms with E-state index in [4.69, 9.17) is 0 Å². The molecule has 0 saturated heterocycles. The molecule has 0 unspecified atom stereocenters. The summed E-state index contributed by atoms with van der Waals surface area (Å²) in [5.74, 6) is 1.37. The molecule has 1 heterocycles. The third-order valence-corrected chi connectivity index (χ3v) is 3.76. The van der Waals surface area contributed by atoms with E-state index in [0.717, 1.165) is 29.3 Å². The molecule has 3 rings (SSSR count). The Labute approximate surface area is 143 Å². The molecule has 3 aromatic rings. The smallest absolute Gasteiger partial charge is 0.229 e. The zero-order valence-electron chi connectivity index (χ0n) is 14.3. The van der Waals surface area contributed by atoms with Crippen LogP contribution in [0.2, 0.25) is 0 Å². The van der Waals surface area contributed by atoms with Gasteiger partial charge in [-0.2, -0.15) is 4.98 Å². The van der Waals surface area contributed by atoms with Crippen LogP contribution in [0.3, 0.4) is 0 Å². The SMILES string of the molecule is CCc1ccc(Nc2cc(C)nc(Nc3cccc(C)c3)n2)cc1. The van der Waals surface area contributed by atoms with Gasteiger partial charge in [0.2, 0.25) is 5.95 Å². The molecule has 4 heteroatoms. The summed E-state index contributed by atoms with van der Waals surface area (Å²) < 4.78 is 0. The predicted octanol–water partition coefficient (Wildman–Crippen LogP) is 5.14. The van der Waals surface area contributed by atoms with Crippen molar-refractivity contribution in [2.45, 2.75) is 27.2 Å². The Morgan fingerprint density at radius 3 is 2.33 bits per heavy atom. The van der Waals surface area contributed by atoms with Crippen LogP contribution in [0.5, 0.6) is 0 Å². The Morgan fingerprint density at radius 1 is 0.833 bits per heavy atom. The summed E-state index contributed by atoms with van der Waals surface area (Å²) >= 11 is 0. The number of rotatable bonds is 5. The minimum atomic E-state index is 0.591. The molecule has 0 saturated carbocycles. The van der Waals surface area contributed by atoms with Crippen LogP contribution in [0.1, 0.15) is 23.7 Å². The molecule has 0 fully saturated rings. The summed E-state index contributed by atoms with van der Waals surface area (Å²) in [5, 5.41) is 6.61. The van der Waals surface area contributed by atoms with Crippen molar-refractivity contribution in [2.24, 2.45) is 0 Å². The molecule has 4 nitrogen and oxygen atoms in total. The van der Waals surface area contributed by atoms with Gasteiger partial charge in [-0.25, -0.2) is 4.98 Å². The Morgan fingerprint density at radius 2 is 1.62 bits per heavy atom. The highest BCUT2D eigenvalue weighted by Gasteiger charge is 2.04. The maximum atomic E-state index is 4.56. The standard InChI is InChI=1S/C20H22N4/c1-4-16-8-10-17(11-9-16)22-19-13-15(3)21-20(24-19)23-18-7-5-6-14(2)12-18/h5-13H,4H2,1-3H3,(H2,21,22,23,24). The molecular formula is C20H22N4. The van der Waals surface area contributed by atoms with Gasteiger partial charge in [0.25, 0.3) is 0 Å². The summed E-state index contributed by atoms with van der Waals surface area (Å²) in [6.07, 6.45) is 1.04. The van der Waals surface area contributed by atoms with E-state index in [9.17, 15) is 0 Å². The maximum absolute atomic E-state index is 4.56. The first kappa shape index (κ1) is 16.0. The number of nitrogens with zero attached hydrogens (tertiary/aromatic N) is 2. The van der Waals surface area contributed by atoms with Crippen LogP contribution in [-0.2, 0) is 6.42 Å². The number of aryl methyl sites for hydroxylation is 3. The van der Waals surface area contributed by atoms with Crippen molar-refractivity contribution in [1.82, 2.24) is 9.97 Å². The lowest BCUT2D eigenvalue weighted by Gasteiger charge is -2.10. The van der Waals surface area contributed by atoms with E-state index < -0.39 is 0 Å². The molecule has 2 aromatic carbocycles. The number of hydrogen-bond acceptors (Lipinski definition) is 4. The number of benzene rings is 2. The number of hydrogen-bond donors (Lipinski definition) is 2. The molecule has 1 aromatic heterocycles. The van der Waals surface area contributed by atoms with Crippen molar-refractivity contribution in [3.8, 4) is 0 Å². The van der Waals surface area contributed by atoms with E-state index in [2.05, 4.69) is 70.8 Å². The highest BCUT2D eigenvalue weighted by atomic mass is 15.1. The molecular weight excluding hydrogens is 296 g/mol. The van der Waals surface area contributed by atoms with Crippen molar-refractivity contribution < 1.29 is 0 Å². The van der Waals surface area contributed by atoms with Gasteiger partial charge < -0.3 is 10.6 Å². The van der Waals surface area contributed by atoms with E-state index in [1.54, 1.807) is 0 Å². The predicted molar refractivity (Wildman–Crippen MR) is 100 cm³/mol. The normalized spacial score (nSPS) is 10.5. The van der Waals surface area contributed by atoms with E-state index in [1.807, 2.05) is 25.1 Å². The lowest BCUT2D eigenvalue weighted by atomic mass is 10.1. The van der Waals surface area contributed by atoms with Crippen molar-refractivity contribution in [3.63, 3.8) is 0 Å². The summed E-state index contributed by atoms with van der Waals surface area (Å²) in [7, 11) is 0. The van der Waals surface area contributed by atoms with Gasteiger partial charge in [-0.1, -0.05) is 31.2 Å². The summed E-state index contributed by atoms with van der Waals surface area (Å²) in [4.78, 5) is 9.03. The Bertz CT molecular complexity index is 825. The third kappa shape index (κ3) is 4.10. The van der Waals surface area contributed by atoms with Crippen LogP contribution in [0.25, 0.3) is 0 Å². The molecule has 24 heavy (non-hydrogen) atoms. The lowest BCUT2D eigenvalue weighted by molar-refractivity contribution is 1.11. The average Bonchev–Trinajstić information content (AvgIpc) is 2.55. The summed E-state index contributed by atoms with van der Waals surface area (Å²) in [5.41, 5.74) is 5.43. The van der Waals surface area contributed by atoms with E-state index >= 15 is 0 Å². The minimum Gasteiger partial charge on any atom is -0.340 e.